The topological polar surface area (TPSA) is 252 Å². The van der Waals surface area contributed by atoms with Crippen molar-refractivity contribution in [3.8, 4) is 0 Å². The Morgan fingerprint density at radius 3 is 1.94 bits per heavy atom. The van der Waals surface area contributed by atoms with Gasteiger partial charge in [-0.1, -0.05) is 13.8 Å². The molecular formula is C20H37N7O7. The average Bonchev–Trinajstić information content (AvgIpc) is 2.72. The Bertz CT molecular complexity index is 754. The molecule has 0 aliphatic rings. The number of carboxylic acids is 2. The Balaban J connectivity index is 5.07. The molecule has 0 aliphatic heterocycles. The fourth-order valence-corrected chi connectivity index (χ4v) is 2.83. The highest BCUT2D eigenvalue weighted by Crippen LogP contribution is 2.07. The zero-order chi connectivity index (χ0) is 26.4. The summed E-state index contributed by atoms with van der Waals surface area (Å²) in [6.07, 6.45) is 0.190. The van der Waals surface area contributed by atoms with Crippen LogP contribution in [0.3, 0.4) is 0 Å². The Morgan fingerprint density at radius 1 is 0.853 bits per heavy atom. The number of nitrogens with one attached hydrogen (secondary N) is 3. The predicted octanol–water partition coefficient (Wildman–Crippen LogP) is -2.16. The van der Waals surface area contributed by atoms with E-state index in [2.05, 4.69) is 20.9 Å². The van der Waals surface area contributed by atoms with E-state index < -0.39 is 53.8 Å². The minimum Gasteiger partial charge on any atom is -0.481 e. The Kier molecular flexibility index (Phi) is 13.9. The van der Waals surface area contributed by atoms with E-state index in [0.717, 1.165) is 0 Å². The van der Waals surface area contributed by atoms with Gasteiger partial charge in [0.2, 0.25) is 17.7 Å². The first-order chi connectivity index (χ1) is 15.7. The molecular weight excluding hydrogens is 450 g/mol. The van der Waals surface area contributed by atoms with E-state index in [4.69, 9.17) is 22.3 Å². The van der Waals surface area contributed by atoms with Crippen molar-refractivity contribution in [1.29, 1.82) is 0 Å². The van der Waals surface area contributed by atoms with Gasteiger partial charge in [0.05, 0.1) is 6.04 Å². The van der Waals surface area contributed by atoms with Gasteiger partial charge in [0, 0.05) is 13.0 Å². The van der Waals surface area contributed by atoms with Crippen LogP contribution in [0.4, 0.5) is 0 Å². The lowest BCUT2D eigenvalue weighted by atomic mass is 10.0. The van der Waals surface area contributed by atoms with E-state index in [0.29, 0.717) is 6.42 Å². The van der Waals surface area contributed by atoms with Crippen molar-refractivity contribution in [3.05, 3.63) is 0 Å². The van der Waals surface area contributed by atoms with Crippen LogP contribution in [0.2, 0.25) is 0 Å². The predicted molar refractivity (Wildman–Crippen MR) is 123 cm³/mol. The molecule has 0 radical (unpaired) electrons. The van der Waals surface area contributed by atoms with Crippen LogP contribution in [-0.4, -0.2) is 76.5 Å². The Hall–Kier alpha value is -3.42. The second-order valence-electron chi connectivity index (χ2n) is 8.31. The number of rotatable bonds is 16. The number of hydrogen-bond donors (Lipinski definition) is 8. The quantitative estimate of drug-likeness (QED) is 0.0664. The lowest BCUT2D eigenvalue weighted by molar-refractivity contribution is -0.142. The van der Waals surface area contributed by atoms with Crippen molar-refractivity contribution in [2.24, 2.45) is 28.1 Å². The van der Waals surface area contributed by atoms with Crippen LogP contribution < -0.4 is 33.2 Å². The van der Waals surface area contributed by atoms with Crippen molar-refractivity contribution in [2.75, 3.05) is 6.54 Å². The van der Waals surface area contributed by atoms with Crippen LogP contribution in [0.5, 0.6) is 0 Å². The number of carbonyl (C=O) groups is 5. The van der Waals surface area contributed by atoms with Gasteiger partial charge in [0.15, 0.2) is 5.96 Å². The number of carboxylic acid groups (broad SMARTS) is 2. The molecule has 0 saturated heterocycles. The van der Waals surface area contributed by atoms with Crippen LogP contribution >= 0.6 is 0 Å². The molecule has 0 aromatic rings. The number of carbonyl (C=O) groups excluding carboxylic acids is 3. The minimum atomic E-state index is -1.25. The maximum atomic E-state index is 12.8. The summed E-state index contributed by atoms with van der Waals surface area (Å²) in [6, 6.07) is -4.44. The summed E-state index contributed by atoms with van der Waals surface area (Å²) in [6.45, 7) is 5.22. The van der Waals surface area contributed by atoms with Gasteiger partial charge >= 0.3 is 11.9 Å². The van der Waals surface area contributed by atoms with E-state index in [1.165, 1.54) is 6.92 Å². The summed E-state index contributed by atoms with van der Waals surface area (Å²) in [5, 5.41) is 25.4. The van der Waals surface area contributed by atoms with Crippen molar-refractivity contribution < 1.29 is 34.2 Å². The molecule has 0 aliphatic carbocycles. The van der Waals surface area contributed by atoms with Crippen LogP contribution in [0.1, 0.15) is 52.9 Å². The lowest BCUT2D eigenvalue weighted by Crippen LogP contribution is -2.56. The minimum absolute atomic E-state index is 0.0180. The molecule has 0 rings (SSSR count). The Morgan fingerprint density at radius 2 is 1.44 bits per heavy atom. The van der Waals surface area contributed by atoms with Crippen molar-refractivity contribution in [2.45, 2.75) is 77.0 Å². The summed E-state index contributed by atoms with van der Waals surface area (Å²) in [5.74, 6) is -4.57. The van der Waals surface area contributed by atoms with Gasteiger partial charge < -0.3 is 43.4 Å². The summed E-state index contributed by atoms with van der Waals surface area (Å²) in [7, 11) is 0. The van der Waals surface area contributed by atoms with Crippen LogP contribution in [0.25, 0.3) is 0 Å². The maximum absolute atomic E-state index is 12.8. The third-order valence-electron chi connectivity index (χ3n) is 4.66. The van der Waals surface area contributed by atoms with Crippen molar-refractivity contribution in [3.63, 3.8) is 0 Å². The third-order valence-corrected chi connectivity index (χ3v) is 4.66. The SMILES string of the molecule is CC(C)CC(NC(=O)C(C)NC(=O)C(N)CCC(=O)O)C(=O)NC(CCCN=C(N)N)C(=O)O. The number of hydrogen-bond acceptors (Lipinski definition) is 7. The molecule has 0 aromatic carbocycles. The van der Waals surface area contributed by atoms with Gasteiger partial charge in [0.25, 0.3) is 0 Å². The first-order valence-electron chi connectivity index (χ1n) is 10.9. The molecule has 194 valence electrons. The monoisotopic (exact) mass is 487 g/mol. The number of nitrogens with zero attached hydrogens (tertiary/aromatic N) is 1. The number of guanidine groups is 1. The zero-order valence-electron chi connectivity index (χ0n) is 19.7. The second-order valence-corrected chi connectivity index (χ2v) is 8.31. The first-order valence-corrected chi connectivity index (χ1v) is 10.9. The summed E-state index contributed by atoms with van der Waals surface area (Å²) < 4.78 is 0. The molecule has 0 spiro atoms. The molecule has 4 unspecified atom stereocenters. The molecule has 0 saturated carbocycles. The fourth-order valence-electron chi connectivity index (χ4n) is 2.83. The van der Waals surface area contributed by atoms with Gasteiger partial charge in [-0.25, -0.2) is 4.79 Å². The van der Waals surface area contributed by atoms with E-state index in [1.807, 2.05) is 13.8 Å². The summed E-state index contributed by atoms with van der Waals surface area (Å²) in [4.78, 5) is 63.3. The first kappa shape index (κ1) is 30.6. The highest BCUT2D eigenvalue weighted by molar-refractivity contribution is 5.94. The summed E-state index contributed by atoms with van der Waals surface area (Å²) >= 11 is 0. The van der Waals surface area contributed by atoms with Gasteiger partial charge in [-0.3, -0.25) is 24.2 Å². The second kappa shape index (κ2) is 15.4. The molecule has 0 bridgehead atoms. The zero-order valence-corrected chi connectivity index (χ0v) is 19.7. The molecule has 14 heteroatoms. The van der Waals surface area contributed by atoms with Crippen LogP contribution in [-0.2, 0) is 24.0 Å². The molecule has 3 amide bonds. The highest BCUT2D eigenvalue weighted by atomic mass is 16.4. The Labute approximate surface area is 198 Å². The third kappa shape index (κ3) is 13.2. The van der Waals surface area contributed by atoms with Gasteiger partial charge in [0.1, 0.15) is 18.1 Å². The normalized spacial score (nSPS) is 14.3. The summed E-state index contributed by atoms with van der Waals surface area (Å²) in [5.41, 5.74) is 16.1. The van der Waals surface area contributed by atoms with E-state index in [1.54, 1.807) is 0 Å². The van der Waals surface area contributed by atoms with Gasteiger partial charge in [-0.05, 0) is 38.5 Å². The van der Waals surface area contributed by atoms with Gasteiger partial charge in [-0.2, -0.15) is 0 Å². The van der Waals surface area contributed by atoms with Crippen LogP contribution in [0.15, 0.2) is 4.99 Å². The van der Waals surface area contributed by atoms with Crippen LogP contribution in [0, 0.1) is 5.92 Å². The molecule has 0 aromatic heterocycles. The maximum Gasteiger partial charge on any atom is 0.326 e. The smallest absolute Gasteiger partial charge is 0.326 e. The van der Waals surface area contributed by atoms with Gasteiger partial charge in [-0.15, -0.1) is 0 Å². The van der Waals surface area contributed by atoms with E-state index >= 15 is 0 Å². The highest BCUT2D eigenvalue weighted by Gasteiger charge is 2.29. The van der Waals surface area contributed by atoms with E-state index in [9.17, 15) is 29.1 Å². The molecule has 0 heterocycles. The standard InChI is InChI=1S/C20H37N7O7/c1-10(2)9-14(18(32)26-13(19(33)34)5-4-8-24-20(22)23)27-16(30)11(3)25-17(31)12(21)6-7-15(28)29/h10-14H,4-9,21H2,1-3H3,(H,25,31)(H,26,32)(H,27,30)(H,28,29)(H,33,34)(H4,22,23,24). The molecule has 11 N–H and O–H groups in total. The molecule has 0 fully saturated rings. The number of nitrogens with two attached hydrogens (primary N) is 3. The molecule has 14 nitrogen and oxygen atoms in total. The van der Waals surface area contributed by atoms with E-state index in [-0.39, 0.29) is 44.1 Å². The number of aliphatic carboxylic acids is 2. The largest absolute Gasteiger partial charge is 0.481 e. The average molecular weight is 488 g/mol. The number of amides is 3. The molecule has 34 heavy (non-hydrogen) atoms. The van der Waals surface area contributed by atoms with Crippen molar-refractivity contribution >= 4 is 35.6 Å². The van der Waals surface area contributed by atoms with Crippen molar-refractivity contribution in [1.82, 2.24) is 16.0 Å². The lowest BCUT2D eigenvalue weighted by Gasteiger charge is -2.24. The number of aliphatic imine (C=N–C) groups is 1. The fraction of sp³-hybridized carbons (Fsp3) is 0.700. The molecule has 4 atom stereocenters.